The molecule has 33 heavy (non-hydrogen) atoms. The summed E-state index contributed by atoms with van der Waals surface area (Å²) in [6, 6.07) is 10.8. The Labute approximate surface area is 199 Å². The van der Waals surface area contributed by atoms with E-state index < -0.39 is 5.92 Å². The first-order chi connectivity index (χ1) is 15.9. The first kappa shape index (κ1) is 21.7. The van der Waals surface area contributed by atoms with E-state index in [1.807, 2.05) is 18.2 Å². The topological polar surface area (TPSA) is 96.2 Å². The number of carbonyl (C=O) groups is 1. The quantitative estimate of drug-likeness (QED) is 0.483. The Bertz CT molecular complexity index is 1360. The molecule has 0 fully saturated rings. The molecule has 7 nitrogen and oxygen atoms in total. The summed E-state index contributed by atoms with van der Waals surface area (Å²) < 4.78 is 10.8. The summed E-state index contributed by atoms with van der Waals surface area (Å²) in [5, 5.41) is 9.69. The molecule has 0 saturated heterocycles. The van der Waals surface area contributed by atoms with Gasteiger partial charge >= 0.3 is 0 Å². The third-order valence-electron chi connectivity index (χ3n) is 6.33. The molecule has 0 radical (unpaired) electrons. The molecule has 1 aliphatic heterocycles. The van der Waals surface area contributed by atoms with E-state index in [0.717, 1.165) is 11.3 Å². The van der Waals surface area contributed by atoms with Crippen LogP contribution in [0.5, 0.6) is 11.5 Å². The van der Waals surface area contributed by atoms with Crippen LogP contribution >= 0.6 is 23.2 Å². The van der Waals surface area contributed by atoms with Gasteiger partial charge in [-0.25, -0.2) is 0 Å². The minimum Gasteiger partial charge on any atom is -0.493 e. The Morgan fingerprint density at radius 1 is 0.939 bits per heavy atom. The third-order valence-corrected chi connectivity index (χ3v) is 6.89. The van der Waals surface area contributed by atoms with Crippen molar-refractivity contribution in [2.75, 3.05) is 19.5 Å². The number of ketones is 1. The van der Waals surface area contributed by atoms with Crippen molar-refractivity contribution in [1.82, 2.24) is 10.2 Å². The summed E-state index contributed by atoms with van der Waals surface area (Å²) >= 11 is 12.6. The van der Waals surface area contributed by atoms with Crippen molar-refractivity contribution in [2.45, 2.75) is 24.7 Å². The van der Waals surface area contributed by atoms with Crippen LogP contribution in [0.2, 0.25) is 10.0 Å². The van der Waals surface area contributed by atoms with E-state index >= 15 is 0 Å². The Balaban J connectivity index is 1.61. The largest absolute Gasteiger partial charge is 0.493 e. The molecule has 2 atom stereocenters. The molecule has 1 aromatic heterocycles. The first-order valence-electron chi connectivity index (χ1n) is 10.4. The molecule has 170 valence electrons. The van der Waals surface area contributed by atoms with E-state index in [-0.39, 0.29) is 17.3 Å². The van der Waals surface area contributed by atoms with Crippen LogP contribution in [0, 0.1) is 0 Å². The number of fused-ring (bicyclic) bond motifs is 1. The number of rotatable bonds is 4. The van der Waals surface area contributed by atoms with Gasteiger partial charge in [0.2, 0.25) is 0 Å². The molecule has 2 heterocycles. The molecule has 1 aliphatic carbocycles. The van der Waals surface area contributed by atoms with Gasteiger partial charge in [-0.05, 0) is 47.7 Å². The fourth-order valence-electron chi connectivity index (χ4n) is 4.81. The molecule has 0 spiro atoms. The number of halogens is 2. The highest BCUT2D eigenvalue weighted by atomic mass is 35.5. The van der Waals surface area contributed by atoms with Gasteiger partial charge in [0.25, 0.3) is 5.56 Å². The van der Waals surface area contributed by atoms with Crippen LogP contribution in [0.15, 0.2) is 52.5 Å². The average molecular weight is 486 g/mol. The van der Waals surface area contributed by atoms with Crippen molar-refractivity contribution in [1.29, 1.82) is 0 Å². The van der Waals surface area contributed by atoms with Gasteiger partial charge in [0.05, 0.1) is 19.8 Å². The SMILES string of the molecule is COc1ccc(C2CC(=O)C3=C(C2)Nc2[nH][nH]c(=O)c2C3c2ccc(Cl)cc2Cl)cc1OC. The zero-order chi connectivity index (χ0) is 23.3. The number of ether oxygens (including phenoxy) is 2. The van der Waals surface area contributed by atoms with Gasteiger partial charge in [0.1, 0.15) is 5.82 Å². The maximum atomic E-state index is 13.5. The van der Waals surface area contributed by atoms with Crippen LogP contribution in [0.1, 0.15) is 41.4 Å². The van der Waals surface area contributed by atoms with Crippen LogP contribution in [0.3, 0.4) is 0 Å². The van der Waals surface area contributed by atoms with Crippen molar-refractivity contribution < 1.29 is 14.3 Å². The highest BCUT2D eigenvalue weighted by Crippen LogP contribution is 2.48. The molecule has 9 heteroatoms. The highest BCUT2D eigenvalue weighted by Gasteiger charge is 2.41. The molecule has 2 unspecified atom stereocenters. The van der Waals surface area contributed by atoms with E-state index in [1.165, 1.54) is 0 Å². The van der Waals surface area contributed by atoms with E-state index in [4.69, 9.17) is 32.7 Å². The second-order valence-electron chi connectivity index (χ2n) is 8.13. The number of hydrogen-bond donors (Lipinski definition) is 3. The van der Waals surface area contributed by atoms with Crippen LogP contribution in [0.4, 0.5) is 5.82 Å². The standard InChI is InChI=1S/C24H21Cl2N3O4/c1-32-18-6-3-11(9-19(18)33-2)12-7-16-21(17(30)8-12)20(14-5-4-13(25)10-15(14)26)22-23(27-16)28-29-24(22)31/h3-6,9-10,12,20H,7-8H2,1-2H3,(H3,27,28,29,31). The number of allylic oxidation sites excluding steroid dienone is 2. The highest BCUT2D eigenvalue weighted by molar-refractivity contribution is 6.35. The first-order valence-corrected chi connectivity index (χ1v) is 11.2. The summed E-state index contributed by atoms with van der Waals surface area (Å²) in [4.78, 5) is 26.2. The summed E-state index contributed by atoms with van der Waals surface area (Å²) in [6.45, 7) is 0. The molecule has 0 bridgehead atoms. The lowest BCUT2D eigenvalue weighted by atomic mass is 9.73. The number of aromatic nitrogens is 2. The summed E-state index contributed by atoms with van der Waals surface area (Å²) in [5.74, 6) is 1.10. The fraction of sp³-hybridized carbons (Fsp3) is 0.250. The molecule has 3 aromatic rings. The van der Waals surface area contributed by atoms with Crippen molar-refractivity contribution >= 4 is 34.8 Å². The zero-order valence-corrected chi connectivity index (χ0v) is 19.4. The van der Waals surface area contributed by atoms with Gasteiger partial charge in [0, 0.05) is 33.7 Å². The summed E-state index contributed by atoms with van der Waals surface area (Å²) in [6.07, 6.45) is 0.889. The van der Waals surface area contributed by atoms with Crippen LogP contribution < -0.4 is 20.3 Å². The number of Topliss-reactive ketones (excluding diaryl/α,β-unsaturated/α-hetero) is 1. The normalized spacial score (nSPS) is 19.6. The number of nitrogens with one attached hydrogen (secondary N) is 3. The lowest BCUT2D eigenvalue weighted by Gasteiger charge is -2.35. The predicted octanol–water partition coefficient (Wildman–Crippen LogP) is 4.99. The van der Waals surface area contributed by atoms with E-state index in [1.54, 1.807) is 32.4 Å². The van der Waals surface area contributed by atoms with Crippen LogP contribution in [0.25, 0.3) is 0 Å². The van der Waals surface area contributed by atoms with Crippen LogP contribution in [-0.2, 0) is 4.79 Å². The number of methoxy groups -OCH3 is 2. The van der Waals surface area contributed by atoms with Gasteiger partial charge in [-0.1, -0.05) is 35.3 Å². The van der Waals surface area contributed by atoms with Crippen molar-refractivity contribution in [2.24, 2.45) is 0 Å². The lowest BCUT2D eigenvalue weighted by molar-refractivity contribution is -0.116. The van der Waals surface area contributed by atoms with Gasteiger partial charge in [-0.3, -0.25) is 19.8 Å². The Kier molecular flexibility index (Phi) is 5.46. The zero-order valence-electron chi connectivity index (χ0n) is 17.9. The Morgan fingerprint density at radius 3 is 2.45 bits per heavy atom. The van der Waals surface area contributed by atoms with Crippen molar-refractivity contribution in [3.63, 3.8) is 0 Å². The molecule has 2 aliphatic rings. The van der Waals surface area contributed by atoms with Gasteiger partial charge in [0.15, 0.2) is 17.3 Å². The molecule has 0 amide bonds. The molecular formula is C24H21Cl2N3O4. The monoisotopic (exact) mass is 485 g/mol. The third kappa shape index (κ3) is 3.61. The van der Waals surface area contributed by atoms with Gasteiger partial charge in [-0.15, -0.1) is 0 Å². The van der Waals surface area contributed by atoms with E-state index in [0.29, 0.717) is 56.9 Å². The molecule has 0 saturated carbocycles. The molecule has 5 rings (SSSR count). The minimum atomic E-state index is -0.588. The Hall–Kier alpha value is -3.16. The molecule has 3 N–H and O–H groups in total. The molecule has 2 aromatic carbocycles. The second kappa shape index (κ2) is 8.32. The minimum absolute atomic E-state index is 0.0363. The van der Waals surface area contributed by atoms with Gasteiger partial charge in [-0.2, -0.15) is 0 Å². The predicted molar refractivity (Wildman–Crippen MR) is 127 cm³/mol. The van der Waals surface area contributed by atoms with Crippen molar-refractivity contribution in [3.05, 3.63) is 84.8 Å². The average Bonchev–Trinajstić information content (AvgIpc) is 3.17. The summed E-state index contributed by atoms with van der Waals surface area (Å²) in [7, 11) is 3.17. The Morgan fingerprint density at radius 2 is 1.73 bits per heavy atom. The maximum Gasteiger partial charge on any atom is 0.270 e. The number of benzene rings is 2. The second-order valence-corrected chi connectivity index (χ2v) is 8.97. The lowest BCUT2D eigenvalue weighted by Crippen LogP contribution is -2.31. The number of aromatic amines is 2. The number of anilines is 1. The number of hydrogen-bond acceptors (Lipinski definition) is 5. The smallest absolute Gasteiger partial charge is 0.270 e. The maximum absolute atomic E-state index is 13.5. The molecular weight excluding hydrogens is 465 g/mol. The van der Waals surface area contributed by atoms with Crippen LogP contribution in [-0.4, -0.2) is 30.2 Å². The summed E-state index contributed by atoms with van der Waals surface area (Å²) in [5.41, 5.74) is 3.12. The van der Waals surface area contributed by atoms with Crippen molar-refractivity contribution in [3.8, 4) is 11.5 Å². The van der Waals surface area contributed by atoms with E-state index in [2.05, 4.69) is 15.5 Å². The fourth-order valence-corrected chi connectivity index (χ4v) is 5.33. The number of H-pyrrole nitrogens is 2. The van der Waals surface area contributed by atoms with Gasteiger partial charge < -0.3 is 14.8 Å². The van der Waals surface area contributed by atoms with E-state index in [9.17, 15) is 9.59 Å². The number of carbonyl (C=O) groups excluding carboxylic acids is 1.